The second kappa shape index (κ2) is 7.09. The van der Waals surface area contributed by atoms with E-state index in [-0.39, 0.29) is 0 Å². The summed E-state index contributed by atoms with van der Waals surface area (Å²) in [6.07, 6.45) is 7.72. The first-order valence-electron chi connectivity index (χ1n) is 6.86. The van der Waals surface area contributed by atoms with Gasteiger partial charge >= 0.3 is 0 Å². The van der Waals surface area contributed by atoms with E-state index in [0.29, 0.717) is 12.1 Å². The molecule has 1 N–H and O–H groups in total. The van der Waals surface area contributed by atoms with Crippen LogP contribution in [0.4, 0.5) is 0 Å². The van der Waals surface area contributed by atoms with Crippen molar-refractivity contribution in [2.45, 2.75) is 31.8 Å². The number of terminal acetylenes is 1. The Morgan fingerprint density at radius 1 is 1.37 bits per heavy atom. The van der Waals surface area contributed by atoms with Crippen LogP contribution in [0.2, 0.25) is 0 Å². The average Bonchev–Trinajstić information content (AvgIpc) is 2.42. The predicted octanol–water partition coefficient (Wildman–Crippen LogP) is 3.20. The summed E-state index contributed by atoms with van der Waals surface area (Å²) in [5.41, 5.74) is 1.34. The molecule has 0 unspecified atom stereocenters. The summed E-state index contributed by atoms with van der Waals surface area (Å²) in [5, 5.41) is 3.72. The zero-order valence-electron chi connectivity index (χ0n) is 11.4. The molecule has 1 heterocycles. The van der Waals surface area contributed by atoms with E-state index < -0.39 is 0 Å². The van der Waals surface area contributed by atoms with E-state index >= 15 is 0 Å². The maximum absolute atomic E-state index is 5.35. The zero-order chi connectivity index (χ0) is 13.7. The standard InChI is InChI=1S/C16H21BrN2/c1-3-10-19-11-8-16(9-12-19)18-13(2)14-4-6-15(17)7-5-14/h1,4-7,13,16,18H,8-12H2,2H3/t13-/m1/s1. The number of hydrogen-bond acceptors (Lipinski definition) is 2. The number of piperidine rings is 1. The lowest BCUT2D eigenvalue weighted by Gasteiger charge is -2.33. The molecular weight excluding hydrogens is 300 g/mol. The van der Waals surface area contributed by atoms with Crippen LogP contribution in [-0.2, 0) is 0 Å². The first-order chi connectivity index (χ1) is 9.19. The molecule has 102 valence electrons. The molecule has 0 spiro atoms. The third-order valence-corrected chi connectivity index (χ3v) is 4.29. The SMILES string of the molecule is C#CCN1CCC(N[C@H](C)c2ccc(Br)cc2)CC1. The molecule has 0 saturated carbocycles. The van der Waals surface area contributed by atoms with Gasteiger partial charge in [-0.15, -0.1) is 6.42 Å². The van der Waals surface area contributed by atoms with Gasteiger partial charge in [-0.05, 0) is 37.5 Å². The lowest BCUT2D eigenvalue weighted by Crippen LogP contribution is -2.43. The summed E-state index contributed by atoms with van der Waals surface area (Å²) in [5.74, 6) is 2.73. The monoisotopic (exact) mass is 320 g/mol. The van der Waals surface area contributed by atoms with E-state index in [9.17, 15) is 0 Å². The van der Waals surface area contributed by atoms with Crippen molar-refractivity contribution in [3.05, 3.63) is 34.3 Å². The number of hydrogen-bond donors (Lipinski definition) is 1. The van der Waals surface area contributed by atoms with Crippen molar-refractivity contribution in [1.29, 1.82) is 0 Å². The molecule has 1 atom stereocenters. The van der Waals surface area contributed by atoms with E-state index in [2.05, 4.69) is 63.3 Å². The first kappa shape index (κ1) is 14.6. The second-order valence-corrected chi connectivity index (χ2v) is 6.11. The smallest absolute Gasteiger partial charge is 0.0598 e. The van der Waals surface area contributed by atoms with Crippen LogP contribution in [0.15, 0.2) is 28.7 Å². The van der Waals surface area contributed by atoms with Gasteiger partial charge in [0.1, 0.15) is 0 Å². The Morgan fingerprint density at radius 2 is 2.00 bits per heavy atom. The molecule has 19 heavy (non-hydrogen) atoms. The van der Waals surface area contributed by atoms with Gasteiger partial charge in [-0.25, -0.2) is 0 Å². The Hall–Kier alpha value is -0.820. The van der Waals surface area contributed by atoms with Crippen molar-refractivity contribution < 1.29 is 0 Å². The Bertz CT molecular complexity index is 427. The Kier molecular flexibility index (Phi) is 5.45. The van der Waals surface area contributed by atoms with Gasteiger partial charge in [-0.1, -0.05) is 34.0 Å². The number of halogens is 1. The highest BCUT2D eigenvalue weighted by Crippen LogP contribution is 2.19. The average molecular weight is 321 g/mol. The number of rotatable bonds is 4. The molecular formula is C16H21BrN2. The minimum atomic E-state index is 0.400. The molecule has 0 aromatic heterocycles. The fraction of sp³-hybridized carbons (Fsp3) is 0.500. The van der Waals surface area contributed by atoms with Crippen LogP contribution >= 0.6 is 15.9 Å². The number of nitrogens with zero attached hydrogens (tertiary/aromatic N) is 1. The normalized spacial score (nSPS) is 19.0. The van der Waals surface area contributed by atoms with Crippen molar-refractivity contribution in [1.82, 2.24) is 10.2 Å². The van der Waals surface area contributed by atoms with Crippen LogP contribution < -0.4 is 5.32 Å². The molecule has 2 rings (SSSR count). The molecule has 1 aromatic carbocycles. The highest BCUT2D eigenvalue weighted by Gasteiger charge is 2.20. The summed E-state index contributed by atoms with van der Waals surface area (Å²) in [6.45, 7) is 5.23. The van der Waals surface area contributed by atoms with Crippen molar-refractivity contribution in [2.24, 2.45) is 0 Å². The Labute approximate surface area is 124 Å². The summed E-state index contributed by atoms with van der Waals surface area (Å²) in [6, 6.07) is 9.56. The summed E-state index contributed by atoms with van der Waals surface area (Å²) < 4.78 is 1.13. The van der Waals surface area contributed by atoms with Crippen LogP contribution in [0, 0.1) is 12.3 Å². The van der Waals surface area contributed by atoms with Gasteiger partial charge < -0.3 is 5.32 Å². The molecule has 1 aliphatic rings. The summed E-state index contributed by atoms with van der Waals surface area (Å²) >= 11 is 3.47. The van der Waals surface area contributed by atoms with E-state index in [4.69, 9.17) is 6.42 Å². The highest BCUT2D eigenvalue weighted by molar-refractivity contribution is 9.10. The maximum Gasteiger partial charge on any atom is 0.0598 e. The molecule has 1 aliphatic heterocycles. The maximum atomic E-state index is 5.35. The fourth-order valence-corrected chi connectivity index (χ4v) is 2.85. The molecule has 0 radical (unpaired) electrons. The van der Waals surface area contributed by atoms with Crippen LogP contribution in [-0.4, -0.2) is 30.6 Å². The Balaban J connectivity index is 1.82. The minimum Gasteiger partial charge on any atom is -0.307 e. The second-order valence-electron chi connectivity index (χ2n) is 5.19. The lowest BCUT2D eigenvalue weighted by atomic mass is 10.0. The number of likely N-dealkylation sites (tertiary alicyclic amines) is 1. The Morgan fingerprint density at radius 3 is 2.58 bits per heavy atom. The van der Waals surface area contributed by atoms with Crippen molar-refractivity contribution >= 4 is 15.9 Å². The van der Waals surface area contributed by atoms with Gasteiger partial charge in [0.15, 0.2) is 0 Å². The molecule has 0 amide bonds. The van der Waals surface area contributed by atoms with Gasteiger partial charge in [0, 0.05) is 29.6 Å². The molecule has 1 fully saturated rings. The third-order valence-electron chi connectivity index (χ3n) is 3.76. The van der Waals surface area contributed by atoms with Gasteiger partial charge in [-0.3, -0.25) is 4.90 Å². The molecule has 3 heteroatoms. The van der Waals surface area contributed by atoms with Crippen LogP contribution in [0.1, 0.15) is 31.4 Å². The quantitative estimate of drug-likeness (QED) is 0.857. The summed E-state index contributed by atoms with van der Waals surface area (Å²) in [7, 11) is 0. The minimum absolute atomic E-state index is 0.400. The lowest BCUT2D eigenvalue weighted by molar-refractivity contribution is 0.211. The highest BCUT2D eigenvalue weighted by atomic mass is 79.9. The third kappa shape index (κ3) is 4.35. The number of nitrogens with one attached hydrogen (secondary N) is 1. The number of benzene rings is 1. The fourth-order valence-electron chi connectivity index (χ4n) is 2.59. The van der Waals surface area contributed by atoms with Gasteiger partial charge in [0.25, 0.3) is 0 Å². The molecule has 0 bridgehead atoms. The van der Waals surface area contributed by atoms with E-state index in [0.717, 1.165) is 24.1 Å². The van der Waals surface area contributed by atoms with Gasteiger partial charge in [0.2, 0.25) is 0 Å². The molecule has 1 aromatic rings. The first-order valence-corrected chi connectivity index (χ1v) is 7.65. The zero-order valence-corrected chi connectivity index (χ0v) is 13.0. The van der Waals surface area contributed by atoms with Gasteiger partial charge in [0.05, 0.1) is 6.54 Å². The molecule has 1 saturated heterocycles. The largest absolute Gasteiger partial charge is 0.307 e. The van der Waals surface area contributed by atoms with E-state index in [1.807, 2.05) is 0 Å². The molecule has 0 aliphatic carbocycles. The summed E-state index contributed by atoms with van der Waals surface area (Å²) in [4.78, 5) is 2.35. The topological polar surface area (TPSA) is 15.3 Å². The van der Waals surface area contributed by atoms with Gasteiger partial charge in [-0.2, -0.15) is 0 Å². The van der Waals surface area contributed by atoms with Crippen molar-refractivity contribution in [2.75, 3.05) is 19.6 Å². The van der Waals surface area contributed by atoms with Crippen LogP contribution in [0.3, 0.4) is 0 Å². The van der Waals surface area contributed by atoms with Crippen LogP contribution in [0.5, 0.6) is 0 Å². The predicted molar refractivity (Wildman–Crippen MR) is 84.0 cm³/mol. The van der Waals surface area contributed by atoms with Crippen LogP contribution in [0.25, 0.3) is 0 Å². The molecule has 2 nitrogen and oxygen atoms in total. The van der Waals surface area contributed by atoms with Crippen molar-refractivity contribution in [3.63, 3.8) is 0 Å². The van der Waals surface area contributed by atoms with Crippen molar-refractivity contribution in [3.8, 4) is 12.3 Å². The van der Waals surface area contributed by atoms with E-state index in [1.165, 1.54) is 18.4 Å². The van der Waals surface area contributed by atoms with E-state index in [1.54, 1.807) is 0 Å².